The molecule has 7 heteroatoms. The minimum absolute atomic E-state index is 0.114. The highest BCUT2D eigenvalue weighted by atomic mass is 32.2. The highest BCUT2D eigenvalue weighted by Gasteiger charge is 2.30. The third kappa shape index (κ3) is 2.99. The summed E-state index contributed by atoms with van der Waals surface area (Å²) < 4.78 is 23.4. The summed E-state index contributed by atoms with van der Waals surface area (Å²) in [4.78, 5) is 12.4. The van der Waals surface area contributed by atoms with E-state index in [0.717, 1.165) is 23.7 Å². The first kappa shape index (κ1) is 15.0. The fourth-order valence-electron chi connectivity index (χ4n) is 3.06. The summed E-state index contributed by atoms with van der Waals surface area (Å²) in [6.45, 7) is 0. The molecule has 2 N–H and O–H groups in total. The molecular weight excluding hydrogens is 302 g/mol. The van der Waals surface area contributed by atoms with Crippen LogP contribution in [0.5, 0.6) is 0 Å². The van der Waals surface area contributed by atoms with Gasteiger partial charge in [0.25, 0.3) is 5.91 Å². The third-order valence-electron chi connectivity index (χ3n) is 4.25. The smallest absolute Gasteiger partial charge is 0.272 e. The average Bonchev–Trinajstić information content (AvgIpc) is 2.90. The Morgan fingerprint density at radius 2 is 2.09 bits per heavy atom. The number of fused-ring (bicyclic) bond motifs is 1. The molecule has 1 aromatic carbocycles. The lowest BCUT2D eigenvalue weighted by molar-refractivity contribution is 0.0924. The number of para-hydroxylation sites is 1. The van der Waals surface area contributed by atoms with Crippen LogP contribution >= 0.6 is 0 Å². The number of benzene rings is 1. The molecule has 6 nitrogen and oxygen atoms in total. The van der Waals surface area contributed by atoms with Gasteiger partial charge in [-0.25, -0.2) is 8.42 Å². The van der Waals surface area contributed by atoms with Gasteiger partial charge in [0.2, 0.25) is 0 Å². The van der Waals surface area contributed by atoms with E-state index >= 15 is 0 Å². The molecule has 0 radical (unpaired) electrons. The zero-order valence-electron chi connectivity index (χ0n) is 12.4. The van der Waals surface area contributed by atoms with Crippen LogP contribution in [-0.2, 0) is 9.84 Å². The second-order valence-electron chi connectivity index (χ2n) is 5.91. The number of hydrogen-bond donors (Lipinski definition) is 2. The van der Waals surface area contributed by atoms with Gasteiger partial charge in [0.05, 0.1) is 10.8 Å². The van der Waals surface area contributed by atoms with Gasteiger partial charge >= 0.3 is 0 Å². The predicted octanol–water partition coefficient (Wildman–Crippen LogP) is 1.65. The Bertz CT molecular complexity index is 797. The second-order valence-corrected chi connectivity index (χ2v) is 8.23. The number of nitrogens with one attached hydrogen (secondary N) is 2. The molecule has 2 aromatic rings. The van der Waals surface area contributed by atoms with Crippen molar-refractivity contribution in [2.24, 2.45) is 0 Å². The van der Waals surface area contributed by atoms with Crippen LogP contribution in [0.3, 0.4) is 0 Å². The summed E-state index contributed by atoms with van der Waals surface area (Å²) in [5.41, 5.74) is 1.17. The standard InChI is InChI=1S/C15H19N3O3S/c1-22(20,21)11-6-4-5-10(9-11)16-15(19)14-12-7-2-3-8-13(12)17-18-14/h2-3,7-8,10-11H,4-6,9H2,1H3,(H,16,19)(H,17,18)/t10-,11+/m1/s1. The maximum atomic E-state index is 12.4. The molecule has 1 aromatic heterocycles. The van der Waals surface area contributed by atoms with Crippen molar-refractivity contribution in [3.8, 4) is 0 Å². The van der Waals surface area contributed by atoms with Crippen molar-refractivity contribution in [1.29, 1.82) is 0 Å². The fourth-order valence-corrected chi connectivity index (χ4v) is 4.23. The number of aromatic amines is 1. The molecule has 1 fully saturated rings. The maximum absolute atomic E-state index is 12.4. The molecule has 1 aliphatic carbocycles. The van der Waals surface area contributed by atoms with E-state index in [0.29, 0.717) is 18.5 Å². The quantitative estimate of drug-likeness (QED) is 0.899. The Kier molecular flexibility index (Phi) is 3.90. The SMILES string of the molecule is CS(=O)(=O)[C@H]1CCC[C@@H](NC(=O)c2n[nH]c3ccccc23)C1. The van der Waals surface area contributed by atoms with Gasteiger partial charge in [0.1, 0.15) is 9.84 Å². The zero-order chi connectivity index (χ0) is 15.7. The van der Waals surface area contributed by atoms with Crippen LogP contribution in [0.4, 0.5) is 0 Å². The molecule has 0 aliphatic heterocycles. The molecule has 22 heavy (non-hydrogen) atoms. The van der Waals surface area contributed by atoms with Gasteiger partial charge in [-0.1, -0.05) is 24.6 Å². The number of carbonyl (C=O) groups is 1. The van der Waals surface area contributed by atoms with E-state index in [4.69, 9.17) is 0 Å². The molecule has 0 bridgehead atoms. The zero-order valence-corrected chi connectivity index (χ0v) is 13.2. The number of rotatable bonds is 3. The Labute approximate surface area is 129 Å². The van der Waals surface area contributed by atoms with E-state index in [-0.39, 0.29) is 17.2 Å². The Hall–Kier alpha value is -1.89. The van der Waals surface area contributed by atoms with Gasteiger partial charge in [-0.15, -0.1) is 0 Å². The van der Waals surface area contributed by atoms with Crippen molar-refractivity contribution < 1.29 is 13.2 Å². The topological polar surface area (TPSA) is 91.9 Å². The first-order valence-electron chi connectivity index (χ1n) is 7.38. The lowest BCUT2D eigenvalue weighted by atomic mass is 9.95. The highest BCUT2D eigenvalue weighted by molar-refractivity contribution is 7.91. The van der Waals surface area contributed by atoms with Gasteiger partial charge in [-0.2, -0.15) is 5.10 Å². The van der Waals surface area contributed by atoms with Crippen molar-refractivity contribution in [1.82, 2.24) is 15.5 Å². The van der Waals surface area contributed by atoms with Crippen molar-refractivity contribution in [3.05, 3.63) is 30.0 Å². The van der Waals surface area contributed by atoms with Crippen LogP contribution < -0.4 is 5.32 Å². The molecule has 0 unspecified atom stereocenters. The number of sulfone groups is 1. The molecule has 2 atom stereocenters. The molecule has 118 valence electrons. The highest BCUT2D eigenvalue weighted by Crippen LogP contribution is 2.24. The summed E-state index contributed by atoms with van der Waals surface area (Å²) in [6.07, 6.45) is 4.04. The normalized spacial score (nSPS) is 22.6. The van der Waals surface area contributed by atoms with Gasteiger partial charge < -0.3 is 5.32 Å². The molecule has 0 saturated heterocycles. The Balaban J connectivity index is 1.74. The first-order valence-corrected chi connectivity index (χ1v) is 9.33. The molecule has 1 saturated carbocycles. The summed E-state index contributed by atoms with van der Waals surface area (Å²) in [5.74, 6) is -0.253. The minimum atomic E-state index is -3.06. The van der Waals surface area contributed by atoms with Crippen molar-refractivity contribution in [2.45, 2.75) is 37.0 Å². The van der Waals surface area contributed by atoms with Gasteiger partial charge in [0.15, 0.2) is 5.69 Å². The van der Waals surface area contributed by atoms with Crippen LogP contribution in [0.15, 0.2) is 24.3 Å². The number of H-pyrrole nitrogens is 1. The summed E-state index contributed by atoms with van der Waals surface area (Å²) in [5, 5.41) is 10.3. The largest absolute Gasteiger partial charge is 0.348 e. The minimum Gasteiger partial charge on any atom is -0.348 e. The summed E-state index contributed by atoms with van der Waals surface area (Å²) in [6, 6.07) is 7.32. The van der Waals surface area contributed by atoms with Gasteiger partial charge in [-0.3, -0.25) is 9.89 Å². The summed E-state index contributed by atoms with van der Waals surface area (Å²) >= 11 is 0. The Morgan fingerprint density at radius 1 is 1.32 bits per heavy atom. The third-order valence-corrected chi connectivity index (χ3v) is 5.89. The van der Waals surface area contributed by atoms with Crippen molar-refractivity contribution >= 4 is 26.6 Å². The number of carbonyl (C=O) groups excluding carboxylic acids is 1. The van der Waals surface area contributed by atoms with E-state index in [1.807, 2.05) is 24.3 Å². The van der Waals surface area contributed by atoms with E-state index in [1.165, 1.54) is 6.26 Å². The Morgan fingerprint density at radius 3 is 2.86 bits per heavy atom. The number of aromatic nitrogens is 2. The van der Waals surface area contributed by atoms with E-state index < -0.39 is 9.84 Å². The van der Waals surface area contributed by atoms with E-state index in [1.54, 1.807) is 0 Å². The van der Waals surface area contributed by atoms with E-state index in [2.05, 4.69) is 15.5 Å². The number of hydrogen-bond acceptors (Lipinski definition) is 4. The second kappa shape index (κ2) is 5.72. The predicted molar refractivity (Wildman–Crippen MR) is 84.4 cm³/mol. The monoisotopic (exact) mass is 321 g/mol. The molecule has 1 aliphatic rings. The van der Waals surface area contributed by atoms with Gasteiger partial charge in [-0.05, 0) is 25.3 Å². The molecular formula is C15H19N3O3S. The fraction of sp³-hybridized carbons (Fsp3) is 0.467. The van der Waals surface area contributed by atoms with Crippen LogP contribution in [0.25, 0.3) is 10.9 Å². The molecule has 1 amide bonds. The molecule has 3 rings (SSSR count). The van der Waals surface area contributed by atoms with Crippen LogP contribution in [0.1, 0.15) is 36.2 Å². The number of nitrogens with zero attached hydrogens (tertiary/aromatic N) is 1. The van der Waals surface area contributed by atoms with Crippen LogP contribution in [0, 0.1) is 0 Å². The van der Waals surface area contributed by atoms with Gasteiger partial charge in [0, 0.05) is 17.7 Å². The lowest BCUT2D eigenvalue weighted by Crippen LogP contribution is -2.41. The maximum Gasteiger partial charge on any atom is 0.272 e. The van der Waals surface area contributed by atoms with Crippen LogP contribution in [-0.4, -0.2) is 42.1 Å². The van der Waals surface area contributed by atoms with Crippen molar-refractivity contribution in [3.63, 3.8) is 0 Å². The van der Waals surface area contributed by atoms with Crippen molar-refractivity contribution in [2.75, 3.05) is 6.26 Å². The number of amides is 1. The average molecular weight is 321 g/mol. The van der Waals surface area contributed by atoms with Crippen LogP contribution in [0.2, 0.25) is 0 Å². The van der Waals surface area contributed by atoms with E-state index in [9.17, 15) is 13.2 Å². The lowest BCUT2D eigenvalue weighted by Gasteiger charge is -2.28. The molecule has 1 heterocycles. The summed E-state index contributed by atoms with van der Waals surface area (Å²) in [7, 11) is -3.06. The first-order chi connectivity index (χ1) is 10.4. The molecule has 0 spiro atoms.